The third-order valence-corrected chi connectivity index (χ3v) is 5.16. The van der Waals surface area contributed by atoms with Crippen LogP contribution >= 0.6 is 0 Å². The maximum atomic E-state index is 13.1. The third-order valence-electron chi connectivity index (χ3n) is 5.16. The van der Waals surface area contributed by atoms with Crippen LogP contribution < -0.4 is 0 Å². The molecule has 0 aromatic carbocycles. The first-order chi connectivity index (χ1) is 12.8. The third kappa shape index (κ3) is 4.58. The maximum absolute atomic E-state index is 13.1. The van der Waals surface area contributed by atoms with E-state index in [0.717, 1.165) is 19.4 Å². The molecular weight excluding hydrogens is 348 g/mol. The quantitative estimate of drug-likeness (QED) is 0.580. The summed E-state index contributed by atoms with van der Waals surface area (Å²) in [7, 11) is 0. The van der Waals surface area contributed by atoms with Crippen LogP contribution in [0.25, 0.3) is 0 Å². The lowest BCUT2D eigenvalue weighted by Gasteiger charge is -2.35. The van der Waals surface area contributed by atoms with E-state index in [2.05, 4.69) is 4.98 Å². The molecule has 7 heteroatoms. The Morgan fingerprint density at radius 2 is 1.85 bits per heavy atom. The Hall–Kier alpha value is -2.15. The van der Waals surface area contributed by atoms with Crippen molar-refractivity contribution in [1.82, 2.24) is 9.88 Å². The van der Waals surface area contributed by atoms with E-state index in [-0.39, 0.29) is 24.3 Å². The Balaban J connectivity index is 2.16. The highest BCUT2D eigenvalue weighted by Gasteiger charge is 2.33. The van der Waals surface area contributed by atoms with Crippen molar-refractivity contribution in [3.05, 3.63) is 22.5 Å². The lowest BCUT2D eigenvalue weighted by atomic mass is 9.95. The highest BCUT2D eigenvalue weighted by molar-refractivity contribution is 6.03. The molecule has 7 nitrogen and oxygen atoms in total. The van der Waals surface area contributed by atoms with Crippen LogP contribution in [0.3, 0.4) is 0 Å². The number of esters is 2. The molecular formula is C20H30N2O5. The maximum Gasteiger partial charge on any atom is 0.340 e. The van der Waals surface area contributed by atoms with Crippen LogP contribution in [0.15, 0.2) is 0 Å². The van der Waals surface area contributed by atoms with E-state index < -0.39 is 12.0 Å². The Morgan fingerprint density at radius 3 is 2.48 bits per heavy atom. The molecule has 27 heavy (non-hydrogen) atoms. The number of Topliss-reactive ketones (excluding diaryl/α,β-unsaturated/α-hetero) is 1. The van der Waals surface area contributed by atoms with Crippen molar-refractivity contribution < 1.29 is 23.9 Å². The number of aryl methyl sites for hydroxylation is 1. The van der Waals surface area contributed by atoms with Crippen LogP contribution in [0.1, 0.15) is 65.7 Å². The summed E-state index contributed by atoms with van der Waals surface area (Å²) >= 11 is 0. The Morgan fingerprint density at radius 1 is 1.19 bits per heavy atom. The lowest BCUT2D eigenvalue weighted by molar-refractivity contribution is -0.150. The highest BCUT2D eigenvalue weighted by atomic mass is 16.5. The summed E-state index contributed by atoms with van der Waals surface area (Å²) in [6.07, 6.45) is 1.63. The van der Waals surface area contributed by atoms with Gasteiger partial charge >= 0.3 is 11.9 Å². The van der Waals surface area contributed by atoms with Crippen LogP contribution in [0, 0.1) is 19.8 Å². The largest absolute Gasteiger partial charge is 0.466 e. The summed E-state index contributed by atoms with van der Waals surface area (Å²) in [5.41, 5.74) is 2.10. The van der Waals surface area contributed by atoms with Gasteiger partial charge in [-0.3, -0.25) is 14.5 Å². The molecule has 0 amide bonds. The zero-order valence-electron chi connectivity index (χ0n) is 16.9. The topological polar surface area (TPSA) is 88.7 Å². The Labute approximate surface area is 160 Å². The van der Waals surface area contributed by atoms with Gasteiger partial charge in [-0.2, -0.15) is 0 Å². The molecule has 2 heterocycles. The Bertz CT molecular complexity index is 709. The summed E-state index contributed by atoms with van der Waals surface area (Å²) in [4.78, 5) is 42.4. The van der Waals surface area contributed by atoms with E-state index in [1.807, 2.05) is 11.8 Å². The normalized spacial score (nSPS) is 18.8. The minimum Gasteiger partial charge on any atom is -0.466 e. The predicted molar refractivity (Wildman–Crippen MR) is 101 cm³/mol. The molecule has 150 valence electrons. The van der Waals surface area contributed by atoms with E-state index in [9.17, 15) is 14.4 Å². The van der Waals surface area contributed by atoms with Crippen LogP contribution in [-0.2, 0) is 14.3 Å². The van der Waals surface area contributed by atoms with Gasteiger partial charge in [-0.25, -0.2) is 4.79 Å². The number of aromatic amines is 1. The van der Waals surface area contributed by atoms with Gasteiger partial charge in [-0.15, -0.1) is 0 Å². The van der Waals surface area contributed by atoms with Gasteiger partial charge in [0.2, 0.25) is 0 Å². The van der Waals surface area contributed by atoms with Gasteiger partial charge in [0.15, 0.2) is 5.78 Å². The molecule has 0 unspecified atom stereocenters. The second-order valence-corrected chi connectivity index (χ2v) is 6.97. The highest BCUT2D eigenvalue weighted by Crippen LogP contribution is 2.24. The second-order valence-electron chi connectivity index (χ2n) is 6.97. The van der Waals surface area contributed by atoms with Crippen LogP contribution in [-0.4, -0.2) is 60.0 Å². The fourth-order valence-corrected chi connectivity index (χ4v) is 3.69. The number of piperidine rings is 1. The summed E-state index contributed by atoms with van der Waals surface area (Å²) in [6, 6.07) is -0.394. The fourth-order valence-electron chi connectivity index (χ4n) is 3.69. The number of likely N-dealkylation sites (tertiary alicyclic amines) is 1. The predicted octanol–water partition coefficient (Wildman–Crippen LogP) is 2.65. The van der Waals surface area contributed by atoms with Crippen molar-refractivity contribution in [2.45, 2.75) is 53.5 Å². The average molecular weight is 378 g/mol. The molecule has 1 saturated heterocycles. The fraction of sp³-hybridized carbons (Fsp3) is 0.650. The van der Waals surface area contributed by atoms with Gasteiger partial charge in [0.05, 0.1) is 36.4 Å². The summed E-state index contributed by atoms with van der Waals surface area (Å²) in [5.74, 6) is -0.902. The molecule has 1 aromatic heterocycles. The molecule has 0 spiro atoms. The van der Waals surface area contributed by atoms with E-state index in [0.29, 0.717) is 35.7 Å². The van der Waals surface area contributed by atoms with Crippen molar-refractivity contribution >= 4 is 17.7 Å². The number of nitrogens with one attached hydrogen (secondary N) is 1. The van der Waals surface area contributed by atoms with Crippen molar-refractivity contribution in [3.63, 3.8) is 0 Å². The van der Waals surface area contributed by atoms with Gasteiger partial charge in [0.1, 0.15) is 0 Å². The summed E-state index contributed by atoms with van der Waals surface area (Å²) < 4.78 is 10.2. The number of hydrogen-bond donors (Lipinski definition) is 1. The standard InChI is InChI=1S/C20H30N2O5/c1-6-26-19(24)15-9-8-10-22(11-15)14(5)18(23)17-12(3)16(13(4)21-17)20(25)27-7-2/h14-15,21H,6-11H2,1-5H3/t14-,15+/m1/s1. The first-order valence-corrected chi connectivity index (χ1v) is 9.62. The van der Waals surface area contributed by atoms with Crippen LogP contribution in [0.5, 0.6) is 0 Å². The number of carbonyl (C=O) groups is 3. The van der Waals surface area contributed by atoms with Crippen molar-refractivity contribution in [2.75, 3.05) is 26.3 Å². The average Bonchev–Trinajstić information content (AvgIpc) is 2.95. The second kappa shape index (κ2) is 9.17. The molecule has 0 radical (unpaired) electrons. The number of ether oxygens (including phenoxy) is 2. The number of ketones is 1. The molecule has 0 bridgehead atoms. The molecule has 1 N–H and O–H groups in total. The molecule has 1 aromatic rings. The molecule has 1 aliphatic heterocycles. The van der Waals surface area contributed by atoms with Crippen molar-refractivity contribution in [1.29, 1.82) is 0 Å². The number of hydrogen-bond acceptors (Lipinski definition) is 6. The SMILES string of the molecule is CCOC(=O)c1c(C)[nH]c(C(=O)[C@@H](C)N2CCC[C@H](C(=O)OCC)C2)c1C. The van der Waals surface area contributed by atoms with E-state index in [4.69, 9.17) is 9.47 Å². The van der Waals surface area contributed by atoms with E-state index in [1.165, 1.54) is 0 Å². The molecule has 0 saturated carbocycles. The molecule has 0 aliphatic carbocycles. The zero-order chi connectivity index (χ0) is 20.1. The lowest BCUT2D eigenvalue weighted by Crippen LogP contribution is -2.47. The van der Waals surface area contributed by atoms with Gasteiger partial charge in [0, 0.05) is 12.2 Å². The zero-order valence-corrected chi connectivity index (χ0v) is 16.9. The summed E-state index contributed by atoms with van der Waals surface area (Å²) in [6.45, 7) is 10.8. The molecule has 2 rings (SSSR count). The smallest absolute Gasteiger partial charge is 0.340 e. The number of carbonyl (C=O) groups excluding carboxylic acids is 3. The minimum absolute atomic E-state index is 0.0874. The number of H-pyrrole nitrogens is 1. The number of rotatable bonds is 7. The van der Waals surface area contributed by atoms with E-state index in [1.54, 1.807) is 27.7 Å². The Kier molecular flexibility index (Phi) is 7.18. The van der Waals surface area contributed by atoms with Gasteiger partial charge in [-0.1, -0.05) is 0 Å². The number of aromatic nitrogens is 1. The first-order valence-electron chi connectivity index (χ1n) is 9.62. The van der Waals surface area contributed by atoms with E-state index >= 15 is 0 Å². The monoisotopic (exact) mass is 378 g/mol. The van der Waals surface area contributed by atoms with Crippen LogP contribution in [0.2, 0.25) is 0 Å². The summed E-state index contributed by atoms with van der Waals surface area (Å²) in [5, 5.41) is 0. The van der Waals surface area contributed by atoms with Crippen molar-refractivity contribution in [3.8, 4) is 0 Å². The molecule has 2 atom stereocenters. The van der Waals surface area contributed by atoms with Gasteiger partial charge in [-0.05, 0) is 59.6 Å². The van der Waals surface area contributed by atoms with Crippen molar-refractivity contribution in [2.24, 2.45) is 5.92 Å². The van der Waals surface area contributed by atoms with Crippen LogP contribution in [0.4, 0.5) is 0 Å². The van der Waals surface area contributed by atoms with Gasteiger partial charge < -0.3 is 14.5 Å². The molecule has 1 fully saturated rings. The minimum atomic E-state index is -0.421. The number of nitrogens with zero attached hydrogens (tertiary/aromatic N) is 1. The molecule has 1 aliphatic rings. The van der Waals surface area contributed by atoms with Gasteiger partial charge in [0.25, 0.3) is 0 Å². The first kappa shape index (κ1) is 21.2.